The number of amides is 3. The van der Waals surface area contributed by atoms with E-state index in [1.165, 1.54) is 7.11 Å². The van der Waals surface area contributed by atoms with Crippen molar-refractivity contribution in [1.29, 1.82) is 5.26 Å². The van der Waals surface area contributed by atoms with Gasteiger partial charge in [0.15, 0.2) is 0 Å². The van der Waals surface area contributed by atoms with Crippen LogP contribution in [0.3, 0.4) is 0 Å². The summed E-state index contributed by atoms with van der Waals surface area (Å²) in [6.07, 6.45) is 1.94. The third-order valence-electron chi connectivity index (χ3n) is 7.82. The van der Waals surface area contributed by atoms with E-state index in [-0.39, 0.29) is 12.5 Å². The molecule has 2 aromatic rings. The monoisotopic (exact) mass is 699 g/mol. The molecule has 0 radical (unpaired) electrons. The number of methoxy groups -OCH3 is 1. The first-order valence-corrected chi connectivity index (χ1v) is 16.3. The number of carbonyl (C=O) groups is 4. The third-order valence-corrected chi connectivity index (χ3v) is 7.82. The Kier molecular flexibility index (Phi) is 13.9. The van der Waals surface area contributed by atoms with E-state index < -0.39 is 46.7 Å². The fourth-order valence-corrected chi connectivity index (χ4v) is 4.63. The number of nitrogens with zero attached hydrogens (tertiary/aromatic N) is 1. The number of alkyl carbamates (subject to hydrolysis) is 1. The predicted molar refractivity (Wildman–Crippen MR) is 188 cm³/mol. The number of carbonyl (C=O) groups excluding carboxylic acids is 4. The van der Waals surface area contributed by atoms with E-state index >= 15 is 0 Å². The second-order valence-corrected chi connectivity index (χ2v) is 13.0. The van der Waals surface area contributed by atoms with Crippen molar-refractivity contribution < 1.29 is 38.1 Å². The lowest BCUT2D eigenvalue weighted by Gasteiger charge is -2.26. The van der Waals surface area contributed by atoms with Crippen molar-refractivity contribution in [3.63, 3.8) is 0 Å². The first-order chi connectivity index (χ1) is 24.2. The van der Waals surface area contributed by atoms with Crippen molar-refractivity contribution in [2.24, 2.45) is 5.73 Å². The molecule has 270 valence electrons. The van der Waals surface area contributed by atoms with Crippen LogP contribution >= 0.6 is 0 Å². The minimum atomic E-state index is -0.858. The molecule has 2 atom stereocenters. The molecule has 0 bridgehead atoms. The number of hydrogen-bond acceptors (Lipinski definition) is 10. The molecule has 0 aromatic heterocycles. The Bertz CT molecular complexity index is 1710. The smallest absolute Gasteiger partial charge is 0.408 e. The molecule has 2 saturated carbocycles. The van der Waals surface area contributed by atoms with Crippen molar-refractivity contribution in [2.75, 3.05) is 20.3 Å². The van der Waals surface area contributed by atoms with E-state index in [0.717, 1.165) is 0 Å². The van der Waals surface area contributed by atoms with Gasteiger partial charge < -0.3 is 40.6 Å². The van der Waals surface area contributed by atoms with E-state index in [9.17, 15) is 24.4 Å². The molecule has 51 heavy (non-hydrogen) atoms. The summed E-state index contributed by atoms with van der Waals surface area (Å²) in [6.45, 7) is 9.32. The standard InChI is InChI=1S/C21H25N3O4.C17H20N2O4/c1-5-6-13-27-16-9-7-15(8-10-16)18(25)23-17(14-22)21(11-12-21)24-19(26)28-20(2,3)4;1-3-4-11-23-13-7-5-12(6-8-13)15(20)19-14(16(21)22-2)17(18)9-10-17/h7-10,17H,11-13H2,1-4H3,(H,23,25)(H,24,26);5-8,14H,9-11,18H2,1-2H3,(H,19,20). The molecule has 0 saturated heterocycles. The highest BCUT2D eigenvalue weighted by Crippen LogP contribution is 2.39. The highest BCUT2D eigenvalue weighted by molar-refractivity contribution is 5.97. The lowest BCUT2D eigenvalue weighted by atomic mass is 10.1. The Morgan fingerprint density at radius 3 is 1.67 bits per heavy atom. The van der Waals surface area contributed by atoms with Gasteiger partial charge in [-0.15, -0.1) is 11.8 Å². The van der Waals surface area contributed by atoms with Crippen molar-refractivity contribution >= 4 is 23.9 Å². The Hall–Kier alpha value is -5.71. The van der Waals surface area contributed by atoms with Crippen LogP contribution < -0.4 is 31.2 Å². The van der Waals surface area contributed by atoms with Gasteiger partial charge >= 0.3 is 12.1 Å². The van der Waals surface area contributed by atoms with Crippen LogP contribution in [-0.2, 0) is 14.3 Å². The van der Waals surface area contributed by atoms with Crippen LogP contribution in [0.25, 0.3) is 0 Å². The first-order valence-electron chi connectivity index (χ1n) is 16.3. The number of hydrogen-bond donors (Lipinski definition) is 4. The summed E-state index contributed by atoms with van der Waals surface area (Å²) in [5.41, 5.74) is 4.70. The number of nitriles is 1. The molecule has 0 spiro atoms. The zero-order valence-electron chi connectivity index (χ0n) is 29.8. The molecule has 13 heteroatoms. The van der Waals surface area contributed by atoms with Gasteiger partial charge in [-0.1, -0.05) is 11.8 Å². The lowest BCUT2D eigenvalue weighted by molar-refractivity contribution is -0.143. The zero-order valence-corrected chi connectivity index (χ0v) is 29.8. The number of rotatable bonds is 12. The molecule has 5 N–H and O–H groups in total. The number of esters is 1. The van der Waals surface area contributed by atoms with E-state index in [2.05, 4.69) is 45.7 Å². The summed E-state index contributed by atoms with van der Waals surface area (Å²) < 4.78 is 20.8. The Morgan fingerprint density at radius 1 is 0.824 bits per heavy atom. The molecular weight excluding hydrogens is 654 g/mol. The maximum atomic E-state index is 12.5. The van der Waals surface area contributed by atoms with Crippen molar-refractivity contribution in [1.82, 2.24) is 16.0 Å². The normalized spacial score (nSPS) is 15.3. The van der Waals surface area contributed by atoms with Gasteiger partial charge in [0.1, 0.15) is 42.4 Å². The van der Waals surface area contributed by atoms with Crippen LogP contribution in [0.5, 0.6) is 11.5 Å². The minimum Gasteiger partial charge on any atom is -0.481 e. The summed E-state index contributed by atoms with van der Waals surface area (Å²) in [6, 6.07) is 13.5. The quantitative estimate of drug-likeness (QED) is 0.188. The predicted octanol–water partition coefficient (Wildman–Crippen LogP) is 3.62. The largest absolute Gasteiger partial charge is 0.481 e. The van der Waals surface area contributed by atoms with E-state index in [0.29, 0.717) is 54.9 Å². The van der Waals surface area contributed by atoms with Gasteiger partial charge in [0, 0.05) is 16.7 Å². The van der Waals surface area contributed by atoms with Crippen LogP contribution in [0.4, 0.5) is 4.79 Å². The van der Waals surface area contributed by atoms with Gasteiger partial charge in [0.05, 0.1) is 18.7 Å². The summed E-state index contributed by atoms with van der Waals surface area (Å²) >= 11 is 0. The summed E-state index contributed by atoms with van der Waals surface area (Å²) in [5.74, 6) is 10.9. The SMILES string of the molecule is CC#CCOc1ccc(C(=O)NC(C#N)C2(NC(=O)OC(C)(C)C)CC2)cc1.CC#CCOc1ccc(C(=O)NC(C(=O)OC)C2(N)CC2)cc1. The Balaban J connectivity index is 0.000000281. The summed E-state index contributed by atoms with van der Waals surface area (Å²) in [4.78, 5) is 48.7. The molecule has 2 aliphatic carbocycles. The lowest BCUT2D eigenvalue weighted by Crippen LogP contribution is -2.54. The maximum Gasteiger partial charge on any atom is 0.408 e. The number of nitrogens with two attached hydrogens (primary N) is 1. The van der Waals surface area contributed by atoms with Crippen LogP contribution in [0.2, 0.25) is 0 Å². The van der Waals surface area contributed by atoms with Crippen LogP contribution in [-0.4, -0.2) is 73.0 Å². The molecule has 13 nitrogen and oxygen atoms in total. The zero-order chi connectivity index (χ0) is 37.7. The van der Waals surface area contributed by atoms with Crippen LogP contribution in [0.1, 0.15) is 81.0 Å². The van der Waals surface area contributed by atoms with Crippen molar-refractivity contribution in [2.45, 2.75) is 89.1 Å². The van der Waals surface area contributed by atoms with Crippen molar-refractivity contribution in [3.05, 3.63) is 59.7 Å². The second kappa shape index (κ2) is 17.8. The molecule has 2 aromatic carbocycles. The molecule has 0 heterocycles. The van der Waals surface area contributed by atoms with Crippen LogP contribution in [0, 0.1) is 35.0 Å². The average molecular weight is 700 g/mol. The second-order valence-electron chi connectivity index (χ2n) is 13.0. The van der Waals surface area contributed by atoms with Gasteiger partial charge in [0.2, 0.25) is 0 Å². The van der Waals surface area contributed by atoms with Crippen LogP contribution in [0.15, 0.2) is 48.5 Å². The minimum absolute atomic E-state index is 0.275. The highest BCUT2D eigenvalue weighted by atomic mass is 16.6. The van der Waals surface area contributed by atoms with Gasteiger partial charge in [-0.25, -0.2) is 9.59 Å². The summed E-state index contributed by atoms with van der Waals surface area (Å²) in [5, 5.41) is 17.6. The molecule has 3 amide bonds. The number of nitrogens with one attached hydrogen (secondary N) is 3. The third kappa shape index (κ3) is 12.3. The average Bonchev–Trinajstić information content (AvgIpc) is 4.04. The number of benzene rings is 2. The molecule has 2 unspecified atom stereocenters. The van der Waals surface area contributed by atoms with Gasteiger partial charge in [-0.2, -0.15) is 5.26 Å². The van der Waals surface area contributed by atoms with E-state index in [4.69, 9.17) is 24.7 Å². The van der Waals surface area contributed by atoms with Gasteiger partial charge in [-0.3, -0.25) is 9.59 Å². The highest BCUT2D eigenvalue weighted by Gasteiger charge is 2.53. The van der Waals surface area contributed by atoms with E-state index in [1.54, 1.807) is 83.1 Å². The maximum absolute atomic E-state index is 12.5. The topological polar surface area (TPSA) is 191 Å². The van der Waals surface area contributed by atoms with E-state index in [1.807, 2.05) is 0 Å². The van der Waals surface area contributed by atoms with Crippen molar-refractivity contribution in [3.8, 4) is 41.2 Å². The van der Waals surface area contributed by atoms with Gasteiger partial charge in [-0.05, 0) is 109 Å². The Labute approximate surface area is 298 Å². The molecule has 2 fully saturated rings. The summed E-state index contributed by atoms with van der Waals surface area (Å²) in [7, 11) is 1.28. The number of ether oxygens (including phenoxy) is 4. The fourth-order valence-electron chi connectivity index (χ4n) is 4.63. The molecule has 0 aliphatic heterocycles. The molecule has 4 rings (SSSR count). The van der Waals surface area contributed by atoms with Gasteiger partial charge in [0.25, 0.3) is 11.8 Å². The Morgan fingerprint density at radius 2 is 1.29 bits per heavy atom. The molecule has 2 aliphatic rings. The fraction of sp³-hybridized carbons (Fsp3) is 0.447. The molecular formula is C38H45N5O8. The first kappa shape index (κ1) is 39.7.